The monoisotopic (exact) mass is 188 g/mol. The van der Waals surface area contributed by atoms with Crippen LogP contribution in [0.3, 0.4) is 0 Å². The lowest BCUT2D eigenvalue weighted by Crippen LogP contribution is -2.65. The first-order valence-corrected chi connectivity index (χ1v) is 4.82. The van der Waals surface area contributed by atoms with Crippen LogP contribution < -0.4 is 0 Å². The fourth-order valence-electron chi connectivity index (χ4n) is 2.40. The second-order valence-electron chi connectivity index (χ2n) is 5.03. The summed E-state index contributed by atoms with van der Waals surface area (Å²) in [5.41, 5.74) is -2.98. The van der Waals surface area contributed by atoms with Crippen molar-refractivity contribution < 1.29 is 15.3 Å². The van der Waals surface area contributed by atoms with Crippen LogP contribution in [0.4, 0.5) is 0 Å². The number of hydrogen-bond donors (Lipinski definition) is 3. The van der Waals surface area contributed by atoms with E-state index in [9.17, 15) is 15.3 Å². The molecule has 0 aliphatic heterocycles. The first-order valence-electron chi connectivity index (χ1n) is 4.82. The molecule has 1 fully saturated rings. The van der Waals surface area contributed by atoms with Gasteiger partial charge in [0, 0.05) is 0 Å². The highest BCUT2D eigenvalue weighted by Gasteiger charge is 2.57. The Morgan fingerprint density at radius 1 is 1.08 bits per heavy atom. The van der Waals surface area contributed by atoms with Crippen LogP contribution in [0, 0.1) is 5.41 Å². The van der Waals surface area contributed by atoms with E-state index in [4.69, 9.17) is 0 Å². The maximum absolute atomic E-state index is 10.2. The number of aliphatic hydroxyl groups is 3. The lowest BCUT2D eigenvalue weighted by molar-refractivity contribution is -0.239. The summed E-state index contributed by atoms with van der Waals surface area (Å²) < 4.78 is 0. The Morgan fingerprint density at radius 3 is 1.92 bits per heavy atom. The molecule has 0 aromatic carbocycles. The molecule has 0 aromatic heterocycles. The molecule has 0 spiro atoms. The zero-order chi connectivity index (χ0) is 10.3. The van der Waals surface area contributed by atoms with Gasteiger partial charge in [-0.15, -0.1) is 0 Å². The van der Waals surface area contributed by atoms with Crippen molar-refractivity contribution >= 4 is 0 Å². The molecule has 13 heavy (non-hydrogen) atoms. The number of hydrogen-bond acceptors (Lipinski definition) is 3. The molecule has 0 unspecified atom stereocenters. The fraction of sp³-hybridized carbons (Fsp3) is 1.00. The van der Waals surface area contributed by atoms with Crippen molar-refractivity contribution in [3.05, 3.63) is 0 Å². The summed E-state index contributed by atoms with van der Waals surface area (Å²) >= 11 is 0. The van der Waals surface area contributed by atoms with Gasteiger partial charge >= 0.3 is 0 Å². The van der Waals surface area contributed by atoms with Crippen molar-refractivity contribution in [1.29, 1.82) is 0 Å². The molecular formula is C10H20O3. The van der Waals surface area contributed by atoms with E-state index < -0.39 is 16.6 Å². The predicted octanol–water partition coefficient (Wildman–Crippen LogP) is 0.671. The molecule has 1 saturated carbocycles. The van der Waals surface area contributed by atoms with Crippen molar-refractivity contribution in [2.45, 2.75) is 51.2 Å². The summed E-state index contributed by atoms with van der Waals surface area (Å²) in [6.45, 7) is 4.99. The van der Waals surface area contributed by atoms with Crippen LogP contribution in [0.25, 0.3) is 0 Å². The van der Waals surface area contributed by atoms with Gasteiger partial charge in [-0.2, -0.15) is 0 Å². The molecule has 0 amide bonds. The predicted molar refractivity (Wildman–Crippen MR) is 50.3 cm³/mol. The molecule has 1 rings (SSSR count). The van der Waals surface area contributed by atoms with Gasteiger partial charge in [-0.1, -0.05) is 13.8 Å². The second-order valence-corrected chi connectivity index (χ2v) is 5.03. The summed E-state index contributed by atoms with van der Waals surface area (Å²) in [5.74, 6) is 0. The zero-order valence-corrected chi connectivity index (χ0v) is 8.67. The minimum atomic E-state index is -1.38. The smallest absolute Gasteiger partial charge is 0.121 e. The van der Waals surface area contributed by atoms with Gasteiger partial charge in [-0.05, 0) is 31.6 Å². The molecular weight excluding hydrogens is 168 g/mol. The first kappa shape index (κ1) is 11.0. The van der Waals surface area contributed by atoms with Crippen molar-refractivity contribution in [3.63, 3.8) is 0 Å². The van der Waals surface area contributed by atoms with Gasteiger partial charge in [-0.3, -0.25) is 0 Å². The van der Waals surface area contributed by atoms with Crippen LogP contribution in [0.5, 0.6) is 0 Å². The van der Waals surface area contributed by atoms with E-state index in [1.165, 1.54) is 0 Å². The first-order chi connectivity index (χ1) is 5.77. The van der Waals surface area contributed by atoms with Crippen molar-refractivity contribution in [2.75, 3.05) is 6.61 Å². The van der Waals surface area contributed by atoms with E-state index >= 15 is 0 Å². The highest BCUT2D eigenvalue weighted by atomic mass is 16.4. The fourth-order valence-corrected chi connectivity index (χ4v) is 2.40. The van der Waals surface area contributed by atoms with Crippen LogP contribution >= 0.6 is 0 Å². The Balaban J connectivity index is 3.05. The van der Waals surface area contributed by atoms with Crippen LogP contribution in [0.15, 0.2) is 0 Å². The average molecular weight is 188 g/mol. The van der Waals surface area contributed by atoms with E-state index in [1.54, 1.807) is 6.92 Å². The van der Waals surface area contributed by atoms with E-state index in [-0.39, 0.29) is 6.61 Å². The Labute approximate surface area is 79.4 Å². The lowest BCUT2D eigenvalue weighted by atomic mass is 9.59. The molecule has 0 radical (unpaired) electrons. The van der Waals surface area contributed by atoms with Gasteiger partial charge in [-0.25, -0.2) is 0 Å². The summed E-state index contributed by atoms with van der Waals surface area (Å²) in [6.07, 6.45) is 2.27. The maximum atomic E-state index is 10.2. The quantitative estimate of drug-likeness (QED) is 0.567. The highest BCUT2D eigenvalue weighted by molar-refractivity contribution is 5.08. The third-order valence-electron chi connectivity index (χ3n) is 3.70. The normalized spacial score (nSPS) is 44.8. The summed E-state index contributed by atoms with van der Waals surface area (Å²) in [7, 11) is 0. The van der Waals surface area contributed by atoms with Gasteiger partial charge in [0.2, 0.25) is 0 Å². The Bertz CT molecular complexity index is 180. The Hall–Kier alpha value is -0.120. The summed E-state index contributed by atoms with van der Waals surface area (Å²) in [6, 6.07) is 0. The van der Waals surface area contributed by atoms with Gasteiger partial charge in [0.05, 0.1) is 12.2 Å². The topological polar surface area (TPSA) is 60.7 Å². The van der Waals surface area contributed by atoms with Crippen molar-refractivity contribution in [2.24, 2.45) is 5.41 Å². The third kappa shape index (κ3) is 1.39. The molecule has 78 valence electrons. The SMILES string of the molecule is CC1(C)CCC[C@](C)(O)[C@]1(O)CO. The maximum Gasteiger partial charge on any atom is 0.121 e. The molecule has 0 saturated heterocycles. The molecule has 2 atom stereocenters. The molecule has 1 aliphatic carbocycles. The summed E-state index contributed by atoms with van der Waals surface area (Å²) in [5, 5.41) is 29.5. The van der Waals surface area contributed by atoms with E-state index in [0.29, 0.717) is 6.42 Å². The van der Waals surface area contributed by atoms with Crippen LogP contribution in [0.1, 0.15) is 40.0 Å². The van der Waals surface area contributed by atoms with Crippen LogP contribution in [0.2, 0.25) is 0 Å². The number of aliphatic hydroxyl groups excluding tert-OH is 1. The minimum absolute atomic E-state index is 0.382. The molecule has 3 N–H and O–H groups in total. The number of rotatable bonds is 1. The lowest BCUT2D eigenvalue weighted by Gasteiger charge is -2.54. The minimum Gasteiger partial charge on any atom is -0.393 e. The average Bonchev–Trinajstić information content (AvgIpc) is 1.99. The third-order valence-corrected chi connectivity index (χ3v) is 3.70. The van der Waals surface area contributed by atoms with E-state index in [1.807, 2.05) is 13.8 Å². The van der Waals surface area contributed by atoms with Crippen LogP contribution in [-0.4, -0.2) is 33.1 Å². The van der Waals surface area contributed by atoms with Gasteiger partial charge < -0.3 is 15.3 Å². The molecule has 1 aliphatic rings. The largest absolute Gasteiger partial charge is 0.393 e. The molecule has 0 aromatic rings. The second kappa shape index (κ2) is 2.94. The van der Waals surface area contributed by atoms with Gasteiger partial charge in [0.25, 0.3) is 0 Å². The highest BCUT2D eigenvalue weighted by Crippen LogP contribution is 2.48. The van der Waals surface area contributed by atoms with Crippen LogP contribution in [-0.2, 0) is 0 Å². The van der Waals surface area contributed by atoms with E-state index in [0.717, 1.165) is 12.8 Å². The van der Waals surface area contributed by atoms with Crippen molar-refractivity contribution in [3.8, 4) is 0 Å². The van der Waals surface area contributed by atoms with Crippen molar-refractivity contribution in [1.82, 2.24) is 0 Å². The van der Waals surface area contributed by atoms with E-state index in [2.05, 4.69) is 0 Å². The molecule has 0 heterocycles. The Morgan fingerprint density at radius 2 is 1.62 bits per heavy atom. The summed E-state index contributed by atoms with van der Waals surface area (Å²) in [4.78, 5) is 0. The molecule has 0 bridgehead atoms. The van der Waals surface area contributed by atoms with Gasteiger partial charge in [0.15, 0.2) is 0 Å². The molecule has 3 heteroatoms. The zero-order valence-electron chi connectivity index (χ0n) is 8.67. The Kier molecular flexibility index (Phi) is 2.48. The molecule has 3 nitrogen and oxygen atoms in total. The van der Waals surface area contributed by atoms with Gasteiger partial charge in [0.1, 0.15) is 5.60 Å². The standard InChI is InChI=1S/C10H20O3/c1-8(2)5-4-6-9(3,12)10(8,13)7-11/h11-13H,4-7H2,1-3H3/t9-,10-/m0/s1.